The second-order valence-corrected chi connectivity index (χ2v) is 8.26. The number of halogens is 2. The van der Waals surface area contributed by atoms with Gasteiger partial charge in [0, 0.05) is 38.4 Å². The number of carbonyl (C=O) groups excluding carboxylic acids is 1. The van der Waals surface area contributed by atoms with Gasteiger partial charge in [0.05, 0.1) is 21.8 Å². The standard InChI is InChI=1S/C22H27ClN4O3.ClH/c1-14(2)27-10-8-17(9-11-27)26(3)19-12-15(22(29)30)4-6-18(19)21(28)25-20-7-5-16(23)13-24-20;/h4-7,12-14,17H,8-11H2,1-3H3,(H,29,30)(H,24,25,28);1H. The Hall–Kier alpha value is -2.35. The highest BCUT2D eigenvalue weighted by atomic mass is 35.5. The van der Waals surface area contributed by atoms with Crippen molar-refractivity contribution in [3.05, 3.63) is 52.7 Å². The number of carboxylic acids is 1. The quantitative estimate of drug-likeness (QED) is 0.655. The summed E-state index contributed by atoms with van der Waals surface area (Å²) in [5.41, 5.74) is 1.16. The maximum Gasteiger partial charge on any atom is 0.335 e. The summed E-state index contributed by atoms with van der Waals surface area (Å²) < 4.78 is 0. The van der Waals surface area contributed by atoms with Crippen LogP contribution < -0.4 is 10.2 Å². The van der Waals surface area contributed by atoms with E-state index < -0.39 is 5.97 Å². The molecule has 1 aromatic carbocycles. The molecule has 1 saturated heterocycles. The Bertz CT molecular complexity index is 913. The number of nitrogens with one attached hydrogen (secondary N) is 1. The van der Waals surface area contributed by atoms with Crippen LogP contribution in [-0.4, -0.2) is 59.1 Å². The highest BCUT2D eigenvalue weighted by Crippen LogP contribution is 2.28. The molecular formula is C22H28Cl2N4O3. The van der Waals surface area contributed by atoms with Crippen LogP contribution in [0.4, 0.5) is 11.5 Å². The van der Waals surface area contributed by atoms with Gasteiger partial charge in [-0.2, -0.15) is 0 Å². The lowest BCUT2D eigenvalue weighted by atomic mass is 9.99. The van der Waals surface area contributed by atoms with Gasteiger partial charge in [-0.1, -0.05) is 11.6 Å². The molecule has 1 fully saturated rings. The zero-order chi connectivity index (χ0) is 21.8. The molecule has 0 aliphatic carbocycles. The van der Waals surface area contributed by atoms with Gasteiger partial charge in [0.25, 0.3) is 5.91 Å². The summed E-state index contributed by atoms with van der Waals surface area (Å²) in [7, 11) is 1.92. The minimum atomic E-state index is -1.02. The molecule has 1 aliphatic rings. The Labute approximate surface area is 193 Å². The molecule has 1 aromatic heterocycles. The molecule has 0 saturated carbocycles. The Balaban J connectivity index is 0.00000341. The van der Waals surface area contributed by atoms with Crippen molar-refractivity contribution in [2.24, 2.45) is 0 Å². The van der Waals surface area contributed by atoms with E-state index in [2.05, 4.69) is 29.0 Å². The molecule has 0 bridgehead atoms. The fraction of sp³-hybridized carbons (Fsp3) is 0.409. The normalized spacial score (nSPS) is 14.7. The van der Waals surface area contributed by atoms with Crippen molar-refractivity contribution in [3.8, 4) is 0 Å². The van der Waals surface area contributed by atoms with E-state index in [0.717, 1.165) is 25.9 Å². The minimum absolute atomic E-state index is 0. The summed E-state index contributed by atoms with van der Waals surface area (Å²) in [4.78, 5) is 33.1. The fourth-order valence-corrected chi connectivity index (χ4v) is 3.88. The maximum atomic E-state index is 13.0. The molecular weight excluding hydrogens is 439 g/mol. The van der Waals surface area contributed by atoms with Gasteiger partial charge in [0.2, 0.25) is 0 Å². The Morgan fingerprint density at radius 2 is 1.90 bits per heavy atom. The number of hydrogen-bond acceptors (Lipinski definition) is 5. The molecule has 7 nitrogen and oxygen atoms in total. The van der Waals surface area contributed by atoms with Gasteiger partial charge in [-0.05, 0) is 57.0 Å². The average molecular weight is 467 g/mol. The number of pyridine rings is 1. The van der Waals surface area contributed by atoms with Crippen molar-refractivity contribution in [1.29, 1.82) is 0 Å². The molecule has 1 aliphatic heterocycles. The molecule has 0 radical (unpaired) electrons. The zero-order valence-electron chi connectivity index (χ0n) is 17.8. The number of hydrogen-bond donors (Lipinski definition) is 2. The first-order valence-corrected chi connectivity index (χ1v) is 10.4. The number of carbonyl (C=O) groups is 2. The molecule has 2 aromatic rings. The predicted molar refractivity (Wildman–Crippen MR) is 126 cm³/mol. The van der Waals surface area contributed by atoms with Gasteiger partial charge in [0.1, 0.15) is 5.82 Å². The van der Waals surface area contributed by atoms with Crippen LogP contribution in [0.15, 0.2) is 36.5 Å². The number of amides is 1. The fourth-order valence-electron chi connectivity index (χ4n) is 3.77. The molecule has 0 atom stereocenters. The lowest BCUT2D eigenvalue weighted by molar-refractivity contribution is 0.0696. The predicted octanol–water partition coefficient (Wildman–Crippen LogP) is 4.42. The van der Waals surface area contributed by atoms with E-state index in [1.807, 2.05) is 11.9 Å². The van der Waals surface area contributed by atoms with Crippen LogP contribution >= 0.6 is 24.0 Å². The highest BCUT2D eigenvalue weighted by molar-refractivity contribution is 6.30. The lowest BCUT2D eigenvalue weighted by Crippen LogP contribution is -2.46. The molecule has 168 valence electrons. The maximum absolute atomic E-state index is 13.0. The topological polar surface area (TPSA) is 85.8 Å². The van der Waals surface area contributed by atoms with Crippen LogP contribution in [0.3, 0.4) is 0 Å². The smallest absolute Gasteiger partial charge is 0.335 e. The number of aromatic nitrogens is 1. The van der Waals surface area contributed by atoms with Crippen molar-refractivity contribution in [2.45, 2.75) is 38.8 Å². The van der Waals surface area contributed by atoms with Crippen molar-refractivity contribution < 1.29 is 14.7 Å². The zero-order valence-corrected chi connectivity index (χ0v) is 19.4. The Morgan fingerprint density at radius 3 is 2.45 bits per heavy atom. The number of carboxylic acid groups (broad SMARTS) is 1. The summed E-state index contributed by atoms with van der Waals surface area (Å²) in [6.45, 7) is 6.32. The largest absolute Gasteiger partial charge is 0.478 e. The first kappa shape index (κ1) is 24.9. The third-order valence-corrected chi connectivity index (χ3v) is 5.84. The number of nitrogens with zero attached hydrogens (tertiary/aromatic N) is 3. The van der Waals surface area contributed by atoms with E-state index in [1.54, 1.807) is 24.3 Å². The van der Waals surface area contributed by atoms with Crippen LogP contribution in [0.2, 0.25) is 5.02 Å². The number of benzene rings is 1. The average Bonchev–Trinajstić information content (AvgIpc) is 2.74. The number of piperidine rings is 1. The third-order valence-electron chi connectivity index (χ3n) is 5.62. The van der Waals surface area contributed by atoms with Gasteiger partial charge in [0.15, 0.2) is 0 Å². The molecule has 1 amide bonds. The van der Waals surface area contributed by atoms with Crippen molar-refractivity contribution in [2.75, 3.05) is 30.4 Å². The second-order valence-electron chi connectivity index (χ2n) is 7.82. The van der Waals surface area contributed by atoms with Crippen molar-refractivity contribution in [1.82, 2.24) is 9.88 Å². The summed E-state index contributed by atoms with van der Waals surface area (Å²) in [5, 5.41) is 12.7. The van der Waals surface area contributed by atoms with E-state index in [9.17, 15) is 14.7 Å². The van der Waals surface area contributed by atoms with Gasteiger partial charge >= 0.3 is 5.97 Å². The van der Waals surface area contributed by atoms with Crippen molar-refractivity contribution >= 4 is 47.4 Å². The first-order chi connectivity index (χ1) is 14.3. The molecule has 2 heterocycles. The summed E-state index contributed by atoms with van der Waals surface area (Å²) >= 11 is 5.85. The monoisotopic (exact) mass is 466 g/mol. The molecule has 3 rings (SSSR count). The summed E-state index contributed by atoms with van der Waals surface area (Å²) in [6.07, 6.45) is 3.36. The molecule has 0 spiro atoms. The van der Waals surface area contributed by atoms with Crippen LogP contribution in [-0.2, 0) is 0 Å². The molecule has 31 heavy (non-hydrogen) atoms. The highest BCUT2D eigenvalue weighted by Gasteiger charge is 2.27. The van der Waals surface area contributed by atoms with E-state index in [1.165, 1.54) is 12.3 Å². The first-order valence-electron chi connectivity index (χ1n) is 10.0. The van der Waals surface area contributed by atoms with Gasteiger partial charge in [-0.25, -0.2) is 9.78 Å². The van der Waals surface area contributed by atoms with E-state index >= 15 is 0 Å². The minimum Gasteiger partial charge on any atom is -0.478 e. The van der Waals surface area contributed by atoms with Gasteiger partial charge < -0.3 is 20.2 Å². The van der Waals surface area contributed by atoms with E-state index in [4.69, 9.17) is 11.6 Å². The number of aromatic carboxylic acids is 1. The number of likely N-dealkylation sites (tertiary alicyclic amines) is 1. The Kier molecular flexibility index (Phi) is 8.68. The lowest BCUT2D eigenvalue weighted by Gasteiger charge is -2.40. The van der Waals surface area contributed by atoms with E-state index in [-0.39, 0.29) is 29.9 Å². The third kappa shape index (κ3) is 6.09. The summed E-state index contributed by atoms with van der Waals surface area (Å²) in [6, 6.07) is 8.57. The van der Waals surface area contributed by atoms with Crippen LogP contribution in [0.25, 0.3) is 0 Å². The Morgan fingerprint density at radius 1 is 1.23 bits per heavy atom. The van der Waals surface area contributed by atoms with Gasteiger partial charge in [-0.3, -0.25) is 4.79 Å². The van der Waals surface area contributed by atoms with Crippen molar-refractivity contribution in [3.63, 3.8) is 0 Å². The van der Waals surface area contributed by atoms with Crippen LogP contribution in [0.1, 0.15) is 47.4 Å². The molecule has 9 heteroatoms. The van der Waals surface area contributed by atoms with Gasteiger partial charge in [-0.15, -0.1) is 12.4 Å². The van der Waals surface area contributed by atoms with E-state index in [0.29, 0.717) is 28.1 Å². The SMILES string of the molecule is CC(C)N1CCC(N(C)c2cc(C(=O)O)ccc2C(=O)Nc2ccc(Cl)cn2)CC1.Cl. The molecule has 0 unspecified atom stereocenters. The number of anilines is 2. The van der Waals surface area contributed by atoms with Crippen LogP contribution in [0.5, 0.6) is 0 Å². The van der Waals surface area contributed by atoms with Crippen LogP contribution in [0, 0.1) is 0 Å². The summed E-state index contributed by atoms with van der Waals surface area (Å²) in [5.74, 6) is -0.987. The number of rotatable bonds is 6. The molecule has 2 N–H and O–H groups in total. The second kappa shape index (κ2) is 10.8.